The van der Waals surface area contributed by atoms with Crippen molar-refractivity contribution in [3.05, 3.63) is 34.1 Å². The molecule has 1 fully saturated rings. The topological polar surface area (TPSA) is 12.0 Å². The van der Waals surface area contributed by atoms with Gasteiger partial charge in [-0.15, -0.1) is 0 Å². The highest BCUT2D eigenvalue weighted by atomic mass is 79.9. The number of benzene rings is 1. The molecule has 0 aromatic heterocycles. The van der Waals surface area contributed by atoms with Crippen LogP contribution < -0.4 is 5.32 Å². The van der Waals surface area contributed by atoms with Gasteiger partial charge >= 0.3 is 0 Å². The van der Waals surface area contributed by atoms with Gasteiger partial charge in [-0.3, -0.25) is 0 Å². The molecule has 3 heteroatoms. The molecule has 94 valence electrons. The third kappa shape index (κ3) is 3.78. The molecule has 1 aliphatic rings. The van der Waals surface area contributed by atoms with Gasteiger partial charge in [0.2, 0.25) is 0 Å². The molecule has 2 rings (SSSR count). The second kappa shape index (κ2) is 5.96. The van der Waals surface area contributed by atoms with Crippen molar-refractivity contribution in [1.29, 1.82) is 0 Å². The first-order valence-electron chi connectivity index (χ1n) is 6.32. The van der Waals surface area contributed by atoms with Crippen LogP contribution in [0.1, 0.15) is 31.2 Å². The van der Waals surface area contributed by atoms with Gasteiger partial charge in [0, 0.05) is 10.5 Å². The van der Waals surface area contributed by atoms with Crippen LogP contribution in [0.15, 0.2) is 22.7 Å². The minimum absolute atomic E-state index is 0.0828. The monoisotopic (exact) mass is 299 g/mol. The molecular weight excluding hydrogens is 281 g/mol. The third-order valence-corrected chi connectivity index (χ3v) is 4.02. The molecule has 1 aromatic rings. The highest BCUT2D eigenvalue weighted by Crippen LogP contribution is 2.34. The van der Waals surface area contributed by atoms with E-state index in [2.05, 4.69) is 21.2 Å². The van der Waals surface area contributed by atoms with Crippen LogP contribution in [0, 0.1) is 11.7 Å². The van der Waals surface area contributed by atoms with E-state index in [4.69, 9.17) is 0 Å². The average Bonchev–Trinajstić information content (AvgIpc) is 3.13. The van der Waals surface area contributed by atoms with Crippen molar-refractivity contribution in [3.63, 3.8) is 0 Å². The lowest BCUT2D eigenvalue weighted by Gasteiger charge is -2.15. The van der Waals surface area contributed by atoms with E-state index < -0.39 is 0 Å². The Kier molecular flexibility index (Phi) is 4.57. The standard InChI is InChI=1S/C14H19BrFN/c1-17-14(10-5-6-10)4-2-3-11-9-12(15)7-8-13(11)16/h7-10,14,17H,2-6H2,1H3. The van der Waals surface area contributed by atoms with Gasteiger partial charge in [0.05, 0.1) is 0 Å². The Morgan fingerprint density at radius 2 is 2.24 bits per heavy atom. The summed E-state index contributed by atoms with van der Waals surface area (Å²) in [5.41, 5.74) is 0.824. The summed E-state index contributed by atoms with van der Waals surface area (Å²) in [7, 11) is 2.03. The maximum absolute atomic E-state index is 13.5. The van der Waals surface area contributed by atoms with Crippen molar-refractivity contribution in [2.45, 2.75) is 38.1 Å². The van der Waals surface area contributed by atoms with Crippen LogP contribution in [-0.2, 0) is 6.42 Å². The van der Waals surface area contributed by atoms with Crippen LogP contribution >= 0.6 is 15.9 Å². The third-order valence-electron chi connectivity index (χ3n) is 3.53. The highest BCUT2D eigenvalue weighted by molar-refractivity contribution is 9.10. The SMILES string of the molecule is CNC(CCCc1cc(Br)ccc1F)C1CC1. The predicted molar refractivity (Wildman–Crippen MR) is 72.6 cm³/mol. The molecule has 1 atom stereocenters. The molecule has 0 radical (unpaired) electrons. The molecule has 1 N–H and O–H groups in total. The number of aryl methyl sites for hydroxylation is 1. The van der Waals surface area contributed by atoms with Crippen LogP contribution in [0.3, 0.4) is 0 Å². The first kappa shape index (κ1) is 13.0. The van der Waals surface area contributed by atoms with Crippen molar-refractivity contribution in [2.24, 2.45) is 5.92 Å². The van der Waals surface area contributed by atoms with Crippen LogP contribution in [0.5, 0.6) is 0 Å². The first-order chi connectivity index (χ1) is 8.20. The predicted octanol–water partition coefficient (Wildman–Crippen LogP) is 3.91. The lowest BCUT2D eigenvalue weighted by Crippen LogP contribution is -2.27. The minimum atomic E-state index is -0.0828. The lowest BCUT2D eigenvalue weighted by atomic mass is 10.0. The summed E-state index contributed by atoms with van der Waals surface area (Å²) in [5, 5.41) is 3.37. The van der Waals surface area contributed by atoms with Gasteiger partial charge in [0.15, 0.2) is 0 Å². The molecule has 1 saturated carbocycles. The summed E-state index contributed by atoms with van der Waals surface area (Å²) in [6.07, 6.45) is 5.74. The van der Waals surface area contributed by atoms with Crippen molar-refractivity contribution in [1.82, 2.24) is 5.32 Å². The Balaban J connectivity index is 1.82. The van der Waals surface area contributed by atoms with Crippen molar-refractivity contribution in [3.8, 4) is 0 Å². The molecule has 0 saturated heterocycles. The molecule has 17 heavy (non-hydrogen) atoms. The normalized spacial score (nSPS) is 17.1. The average molecular weight is 300 g/mol. The van der Waals surface area contributed by atoms with Gasteiger partial charge in [0.25, 0.3) is 0 Å². The fourth-order valence-electron chi connectivity index (χ4n) is 2.36. The zero-order valence-electron chi connectivity index (χ0n) is 10.2. The summed E-state index contributed by atoms with van der Waals surface area (Å²) in [6, 6.07) is 5.81. The molecule has 1 nitrogen and oxygen atoms in total. The Labute approximate surface area is 111 Å². The van der Waals surface area contributed by atoms with E-state index in [1.54, 1.807) is 6.07 Å². The second-order valence-corrected chi connectivity index (χ2v) is 5.78. The summed E-state index contributed by atoms with van der Waals surface area (Å²) in [6.45, 7) is 0. The fourth-order valence-corrected chi connectivity index (χ4v) is 2.77. The first-order valence-corrected chi connectivity index (χ1v) is 7.11. The van der Waals surface area contributed by atoms with Crippen LogP contribution in [0.2, 0.25) is 0 Å². The van der Waals surface area contributed by atoms with Crippen molar-refractivity contribution < 1.29 is 4.39 Å². The lowest BCUT2D eigenvalue weighted by molar-refractivity contribution is 0.454. The van der Waals surface area contributed by atoms with Crippen LogP contribution in [-0.4, -0.2) is 13.1 Å². The Hall–Kier alpha value is -0.410. The van der Waals surface area contributed by atoms with E-state index in [1.807, 2.05) is 13.1 Å². The Bertz CT molecular complexity index is 376. The summed E-state index contributed by atoms with van der Waals surface area (Å²) >= 11 is 3.39. The molecule has 1 aromatic carbocycles. The quantitative estimate of drug-likeness (QED) is 0.840. The summed E-state index contributed by atoms with van der Waals surface area (Å²) < 4.78 is 14.5. The highest BCUT2D eigenvalue weighted by Gasteiger charge is 2.29. The number of rotatable bonds is 6. The second-order valence-electron chi connectivity index (χ2n) is 4.86. The maximum Gasteiger partial charge on any atom is 0.126 e. The molecule has 1 aliphatic carbocycles. The molecule has 0 bridgehead atoms. The summed E-state index contributed by atoms with van der Waals surface area (Å²) in [4.78, 5) is 0. The van der Waals surface area contributed by atoms with Crippen LogP contribution in [0.25, 0.3) is 0 Å². The molecule has 0 amide bonds. The van der Waals surface area contributed by atoms with Crippen molar-refractivity contribution >= 4 is 15.9 Å². The summed E-state index contributed by atoms with van der Waals surface area (Å²) in [5.74, 6) is 0.785. The van der Waals surface area contributed by atoms with E-state index in [0.29, 0.717) is 6.04 Å². The van der Waals surface area contributed by atoms with Gasteiger partial charge in [-0.25, -0.2) is 4.39 Å². The van der Waals surface area contributed by atoms with E-state index in [-0.39, 0.29) is 5.82 Å². The molecule has 1 unspecified atom stereocenters. The van der Waals surface area contributed by atoms with Crippen LogP contribution in [0.4, 0.5) is 4.39 Å². The molecular formula is C14H19BrFN. The fraction of sp³-hybridized carbons (Fsp3) is 0.571. The minimum Gasteiger partial charge on any atom is -0.317 e. The van der Waals surface area contributed by atoms with E-state index in [0.717, 1.165) is 35.2 Å². The van der Waals surface area contributed by atoms with Gasteiger partial charge in [-0.05, 0) is 68.8 Å². The maximum atomic E-state index is 13.5. The zero-order chi connectivity index (χ0) is 12.3. The largest absolute Gasteiger partial charge is 0.317 e. The number of hydrogen-bond donors (Lipinski definition) is 1. The Morgan fingerprint density at radius 1 is 1.47 bits per heavy atom. The van der Waals surface area contributed by atoms with E-state index in [9.17, 15) is 4.39 Å². The van der Waals surface area contributed by atoms with Gasteiger partial charge in [-0.1, -0.05) is 15.9 Å². The van der Waals surface area contributed by atoms with Crippen molar-refractivity contribution in [2.75, 3.05) is 7.05 Å². The molecule has 0 aliphatic heterocycles. The van der Waals surface area contributed by atoms with E-state index >= 15 is 0 Å². The Morgan fingerprint density at radius 3 is 2.88 bits per heavy atom. The van der Waals surface area contributed by atoms with Gasteiger partial charge in [-0.2, -0.15) is 0 Å². The van der Waals surface area contributed by atoms with Gasteiger partial charge in [0.1, 0.15) is 5.82 Å². The molecule has 0 spiro atoms. The van der Waals surface area contributed by atoms with E-state index in [1.165, 1.54) is 18.9 Å². The number of nitrogens with one attached hydrogen (secondary N) is 1. The number of hydrogen-bond acceptors (Lipinski definition) is 1. The molecule has 0 heterocycles. The van der Waals surface area contributed by atoms with Gasteiger partial charge < -0.3 is 5.32 Å². The number of halogens is 2. The smallest absolute Gasteiger partial charge is 0.126 e. The zero-order valence-corrected chi connectivity index (χ0v) is 11.8.